The lowest BCUT2D eigenvalue weighted by Gasteiger charge is -2.24. The molecule has 0 fully saturated rings. The van der Waals surface area contributed by atoms with Gasteiger partial charge in [-0.3, -0.25) is 14.9 Å². The van der Waals surface area contributed by atoms with Crippen molar-refractivity contribution in [2.24, 2.45) is 0 Å². The molecule has 0 bridgehead atoms. The molecule has 0 radical (unpaired) electrons. The van der Waals surface area contributed by atoms with E-state index in [2.05, 4.69) is 20.7 Å². The van der Waals surface area contributed by atoms with E-state index in [-0.39, 0.29) is 30.9 Å². The number of hydrogen-bond donors (Lipinski definition) is 2. The molecule has 0 aliphatic carbocycles. The lowest BCUT2D eigenvalue weighted by molar-refractivity contribution is -0.118. The summed E-state index contributed by atoms with van der Waals surface area (Å²) in [4.78, 5) is 28.3. The van der Waals surface area contributed by atoms with Crippen molar-refractivity contribution in [3.05, 3.63) is 65.5 Å². The minimum Gasteiger partial charge on any atom is -0.484 e. The van der Waals surface area contributed by atoms with Gasteiger partial charge in [0.05, 0.1) is 12.5 Å². The van der Waals surface area contributed by atoms with Crippen LogP contribution in [0.3, 0.4) is 0 Å². The highest BCUT2D eigenvalue weighted by Gasteiger charge is 2.27. The Morgan fingerprint density at radius 2 is 2.03 bits per heavy atom. The van der Waals surface area contributed by atoms with Crippen LogP contribution in [0, 0.1) is 13.8 Å². The topological polar surface area (TPSA) is 98.1 Å². The first-order valence-electron chi connectivity index (χ1n) is 9.28. The Morgan fingerprint density at radius 3 is 2.83 bits per heavy atom. The maximum absolute atomic E-state index is 12.3. The Balaban J connectivity index is 1.43. The molecule has 2 aromatic carbocycles. The van der Waals surface area contributed by atoms with Crippen molar-refractivity contribution in [3.8, 4) is 5.75 Å². The number of benzene rings is 2. The van der Waals surface area contributed by atoms with Gasteiger partial charge < -0.3 is 10.1 Å². The van der Waals surface area contributed by atoms with Gasteiger partial charge in [-0.25, -0.2) is 4.68 Å². The van der Waals surface area contributed by atoms with Gasteiger partial charge >= 0.3 is 0 Å². The second-order valence-corrected chi connectivity index (χ2v) is 7.08. The fourth-order valence-electron chi connectivity index (χ4n) is 3.47. The van der Waals surface area contributed by atoms with Gasteiger partial charge in [0.2, 0.25) is 11.9 Å². The minimum atomic E-state index is -0.270. The molecule has 0 spiro atoms. The number of carbonyl (C=O) groups is 2. The highest BCUT2D eigenvalue weighted by molar-refractivity contribution is 5.92. The number of aryl methyl sites for hydroxylation is 2. The molecule has 8 nitrogen and oxygen atoms in total. The summed E-state index contributed by atoms with van der Waals surface area (Å²) in [5.41, 5.74) is 3.77. The van der Waals surface area contributed by atoms with Crippen molar-refractivity contribution in [2.75, 3.05) is 17.2 Å². The van der Waals surface area contributed by atoms with Gasteiger partial charge in [-0.1, -0.05) is 18.2 Å². The summed E-state index contributed by atoms with van der Waals surface area (Å²) in [6, 6.07) is 12.9. The van der Waals surface area contributed by atoms with Gasteiger partial charge in [0.1, 0.15) is 12.1 Å². The van der Waals surface area contributed by atoms with Crippen LogP contribution in [0.1, 0.15) is 29.2 Å². The number of anilines is 2. The number of fused-ring (bicyclic) bond motifs is 1. The van der Waals surface area contributed by atoms with Crippen LogP contribution in [0.5, 0.6) is 5.75 Å². The van der Waals surface area contributed by atoms with E-state index < -0.39 is 0 Å². The Bertz CT molecular complexity index is 1060. The molecule has 2 heterocycles. The number of nitrogens with zero attached hydrogens (tertiary/aromatic N) is 3. The van der Waals surface area contributed by atoms with Gasteiger partial charge in [0.15, 0.2) is 6.61 Å². The maximum Gasteiger partial charge on any atom is 0.262 e. The fourth-order valence-corrected chi connectivity index (χ4v) is 3.47. The smallest absolute Gasteiger partial charge is 0.262 e. The predicted molar refractivity (Wildman–Crippen MR) is 108 cm³/mol. The molecule has 1 atom stereocenters. The molecule has 0 saturated carbocycles. The van der Waals surface area contributed by atoms with Gasteiger partial charge in [-0.2, -0.15) is 10.1 Å². The van der Waals surface area contributed by atoms with Gasteiger partial charge in [0, 0.05) is 5.69 Å². The van der Waals surface area contributed by atoms with Crippen LogP contribution in [-0.2, 0) is 9.59 Å². The van der Waals surface area contributed by atoms with Crippen molar-refractivity contribution < 1.29 is 14.3 Å². The van der Waals surface area contributed by atoms with Crippen LogP contribution in [0.2, 0.25) is 0 Å². The third kappa shape index (κ3) is 4.26. The highest BCUT2D eigenvalue weighted by Crippen LogP contribution is 2.30. The van der Waals surface area contributed by atoms with E-state index in [1.165, 1.54) is 6.33 Å². The van der Waals surface area contributed by atoms with E-state index in [1.54, 1.807) is 10.7 Å². The Hall–Kier alpha value is -3.68. The van der Waals surface area contributed by atoms with E-state index in [0.717, 1.165) is 22.4 Å². The van der Waals surface area contributed by atoms with Crippen molar-refractivity contribution in [2.45, 2.75) is 26.3 Å². The van der Waals surface area contributed by atoms with Gasteiger partial charge in [-0.05, 0) is 54.8 Å². The zero-order valence-corrected chi connectivity index (χ0v) is 16.2. The number of amides is 2. The first-order valence-corrected chi connectivity index (χ1v) is 9.28. The summed E-state index contributed by atoms with van der Waals surface area (Å²) in [6.45, 7) is 3.85. The van der Waals surface area contributed by atoms with Crippen molar-refractivity contribution >= 4 is 23.5 Å². The van der Waals surface area contributed by atoms with Crippen LogP contribution in [0.15, 0.2) is 48.8 Å². The third-order valence-electron chi connectivity index (χ3n) is 4.62. The second kappa shape index (κ2) is 7.75. The third-order valence-corrected chi connectivity index (χ3v) is 4.62. The van der Waals surface area contributed by atoms with E-state index in [4.69, 9.17) is 4.74 Å². The SMILES string of the molecule is Cc1cc(C)cc(NC(=O)COc2cccc([C@H]3CC(=O)Nc4ncnn43)c2)c1. The second-order valence-electron chi connectivity index (χ2n) is 7.08. The number of rotatable bonds is 5. The minimum absolute atomic E-state index is 0.115. The Morgan fingerprint density at radius 1 is 1.24 bits per heavy atom. The molecular weight excluding hydrogens is 370 g/mol. The van der Waals surface area contributed by atoms with E-state index >= 15 is 0 Å². The molecule has 0 unspecified atom stereocenters. The molecule has 29 heavy (non-hydrogen) atoms. The summed E-state index contributed by atoms with van der Waals surface area (Å²) in [5.74, 6) is 0.613. The monoisotopic (exact) mass is 391 g/mol. The molecular formula is C21H21N5O3. The van der Waals surface area contributed by atoms with Crippen LogP contribution in [-0.4, -0.2) is 33.2 Å². The number of hydrogen-bond acceptors (Lipinski definition) is 5. The van der Waals surface area contributed by atoms with Crippen LogP contribution in [0.25, 0.3) is 0 Å². The molecule has 8 heteroatoms. The molecule has 3 aromatic rings. The standard InChI is InChI=1S/C21H21N5O3/c1-13-6-14(2)8-16(7-13)24-20(28)11-29-17-5-3-4-15(9-17)18-10-19(27)25-21-22-12-23-26(18)21/h3-9,12,18H,10-11H2,1-2H3,(H,24,28)(H,22,23,25,27)/t18-/m1/s1. The number of carbonyl (C=O) groups excluding carboxylic acids is 2. The molecule has 1 aromatic heterocycles. The molecule has 1 aliphatic heterocycles. The molecule has 1 aliphatic rings. The number of nitrogens with one attached hydrogen (secondary N) is 2. The molecule has 2 N–H and O–H groups in total. The maximum atomic E-state index is 12.3. The van der Waals surface area contributed by atoms with Crippen LogP contribution < -0.4 is 15.4 Å². The van der Waals surface area contributed by atoms with Crippen molar-refractivity contribution in [1.29, 1.82) is 0 Å². The van der Waals surface area contributed by atoms with E-state index in [9.17, 15) is 9.59 Å². The number of ether oxygens (including phenoxy) is 1. The van der Waals surface area contributed by atoms with Crippen LogP contribution >= 0.6 is 0 Å². The largest absolute Gasteiger partial charge is 0.484 e. The zero-order valence-electron chi connectivity index (χ0n) is 16.2. The highest BCUT2D eigenvalue weighted by atomic mass is 16.5. The first-order chi connectivity index (χ1) is 14.0. The molecule has 148 valence electrons. The Kier molecular flexibility index (Phi) is 4.99. The molecule has 2 amide bonds. The van der Waals surface area contributed by atoms with Gasteiger partial charge in [0.25, 0.3) is 5.91 Å². The lowest BCUT2D eigenvalue weighted by Crippen LogP contribution is -2.29. The van der Waals surface area contributed by atoms with Crippen LogP contribution in [0.4, 0.5) is 11.6 Å². The number of aromatic nitrogens is 3. The summed E-state index contributed by atoms with van der Waals surface area (Å²) in [5, 5.41) is 9.74. The van der Waals surface area contributed by atoms with Crippen molar-refractivity contribution in [1.82, 2.24) is 14.8 Å². The quantitative estimate of drug-likeness (QED) is 0.697. The average molecular weight is 391 g/mol. The van der Waals surface area contributed by atoms with Crippen molar-refractivity contribution in [3.63, 3.8) is 0 Å². The van der Waals surface area contributed by atoms with Gasteiger partial charge in [-0.15, -0.1) is 0 Å². The van der Waals surface area contributed by atoms with E-state index in [1.807, 2.05) is 50.2 Å². The predicted octanol–water partition coefficient (Wildman–Crippen LogP) is 2.84. The zero-order chi connectivity index (χ0) is 20.4. The average Bonchev–Trinajstić information content (AvgIpc) is 3.13. The summed E-state index contributed by atoms with van der Waals surface area (Å²) in [7, 11) is 0. The normalized spacial score (nSPS) is 15.4. The van der Waals surface area contributed by atoms with E-state index in [0.29, 0.717) is 11.7 Å². The molecule has 0 saturated heterocycles. The first kappa shape index (κ1) is 18.7. The fraction of sp³-hybridized carbons (Fsp3) is 0.238. The summed E-state index contributed by atoms with van der Waals surface area (Å²) < 4.78 is 7.34. The molecule has 4 rings (SSSR count). The summed E-state index contributed by atoms with van der Waals surface area (Å²) in [6.07, 6.45) is 1.67. The summed E-state index contributed by atoms with van der Waals surface area (Å²) >= 11 is 0. The Labute approximate surface area is 167 Å². The lowest BCUT2D eigenvalue weighted by atomic mass is 10.0.